The molecule has 2 aliphatic carbocycles. The minimum absolute atomic E-state index is 0.117. The van der Waals surface area contributed by atoms with Gasteiger partial charge in [0.05, 0.1) is 31.1 Å². The average Bonchev–Trinajstić information content (AvgIpc) is 3.95. The number of benzene rings is 1. The maximum atomic E-state index is 14.2. The van der Waals surface area contributed by atoms with Gasteiger partial charge in [0.1, 0.15) is 35.1 Å². The van der Waals surface area contributed by atoms with Crippen molar-refractivity contribution in [3.63, 3.8) is 0 Å². The van der Waals surface area contributed by atoms with Crippen molar-refractivity contribution < 1.29 is 51.3 Å². The molecule has 2 heterocycles. The molecule has 5 rings (SSSR count). The van der Waals surface area contributed by atoms with E-state index in [-0.39, 0.29) is 44.6 Å². The Hall–Kier alpha value is -4.18. The van der Waals surface area contributed by atoms with Gasteiger partial charge in [0.2, 0.25) is 21.8 Å². The molecule has 268 valence electrons. The summed E-state index contributed by atoms with van der Waals surface area (Å²) in [5.41, 5.74) is -2.24. The summed E-state index contributed by atoms with van der Waals surface area (Å²) in [6, 6.07) is 3.97. The second-order valence-electron chi connectivity index (χ2n) is 13.8. The van der Waals surface area contributed by atoms with Gasteiger partial charge in [-0.2, -0.15) is 0 Å². The summed E-state index contributed by atoms with van der Waals surface area (Å²) in [6.45, 7) is 5.27. The maximum absolute atomic E-state index is 14.2. The van der Waals surface area contributed by atoms with Crippen LogP contribution in [-0.2, 0) is 38.6 Å². The first-order chi connectivity index (χ1) is 23.1. The normalized spacial score (nSPS) is 28.4. The van der Waals surface area contributed by atoms with E-state index in [0.717, 1.165) is 0 Å². The Morgan fingerprint density at radius 2 is 1.88 bits per heavy atom. The van der Waals surface area contributed by atoms with Gasteiger partial charge in [0.25, 0.3) is 5.91 Å². The average molecular weight is 705 g/mol. The summed E-state index contributed by atoms with van der Waals surface area (Å²) in [5, 5.41) is 4.70. The lowest BCUT2D eigenvalue weighted by atomic mass is 10.1. The second kappa shape index (κ2) is 14.4. The first-order valence-corrected chi connectivity index (χ1v) is 17.9. The van der Waals surface area contributed by atoms with Crippen LogP contribution in [-0.4, -0.2) is 105 Å². The van der Waals surface area contributed by atoms with Gasteiger partial charge in [-0.3, -0.25) is 19.1 Å². The fourth-order valence-corrected chi connectivity index (χ4v) is 7.34. The third-order valence-electron chi connectivity index (χ3n) is 8.74. The predicted octanol–water partition coefficient (Wildman–Crippen LogP) is 1.56. The second-order valence-corrected chi connectivity index (χ2v) is 15.8. The summed E-state index contributed by atoms with van der Waals surface area (Å²) in [4.78, 5) is 68.9. The van der Waals surface area contributed by atoms with Crippen molar-refractivity contribution in [2.24, 2.45) is 5.92 Å². The molecule has 1 aromatic carbocycles. The molecular weight excluding hydrogens is 660 g/mol. The van der Waals surface area contributed by atoms with Crippen molar-refractivity contribution in [1.82, 2.24) is 20.3 Å². The molecule has 49 heavy (non-hydrogen) atoms. The molecule has 1 aromatic rings. The number of amides is 4. The highest BCUT2D eigenvalue weighted by Crippen LogP contribution is 2.46. The number of alkyl carbamates (subject to hydrolysis) is 1. The van der Waals surface area contributed by atoms with E-state index in [1.54, 1.807) is 51.1 Å². The summed E-state index contributed by atoms with van der Waals surface area (Å²) in [7, 11) is -2.47. The molecule has 0 aromatic heterocycles. The van der Waals surface area contributed by atoms with Crippen LogP contribution in [0.2, 0.25) is 0 Å². The van der Waals surface area contributed by atoms with Crippen molar-refractivity contribution in [3.8, 4) is 5.75 Å². The van der Waals surface area contributed by atoms with Gasteiger partial charge in [-0.25, -0.2) is 18.0 Å². The SMILES string of the molecule is COc1cccc(C(=O)OC2CC3C(=O)NC4(C(=O)NS(=O)(=O)C5CC5)CC4/C=C\COCCCC(NC(=O)OC(C)(C)C)C(=O)N3C2)c1. The number of sulfonamides is 1. The third kappa shape index (κ3) is 8.90. The predicted molar refractivity (Wildman–Crippen MR) is 174 cm³/mol. The van der Waals surface area contributed by atoms with E-state index in [9.17, 15) is 32.4 Å². The number of rotatable bonds is 7. The van der Waals surface area contributed by atoms with Gasteiger partial charge < -0.3 is 34.5 Å². The molecule has 16 heteroatoms. The number of esters is 1. The highest BCUT2D eigenvalue weighted by Gasteiger charge is 2.62. The topological polar surface area (TPSA) is 196 Å². The molecule has 15 nitrogen and oxygen atoms in total. The molecule has 1 saturated heterocycles. The summed E-state index contributed by atoms with van der Waals surface area (Å²) in [6.07, 6.45) is 3.03. The minimum Gasteiger partial charge on any atom is -0.497 e. The highest BCUT2D eigenvalue weighted by molar-refractivity contribution is 7.91. The first-order valence-electron chi connectivity index (χ1n) is 16.4. The molecule has 4 aliphatic rings. The van der Waals surface area contributed by atoms with Crippen LogP contribution in [0.1, 0.15) is 69.7 Å². The Bertz CT molecular complexity index is 1600. The van der Waals surface area contributed by atoms with Crippen LogP contribution in [0.15, 0.2) is 36.4 Å². The molecule has 3 N–H and O–H groups in total. The van der Waals surface area contributed by atoms with Crippen molar-refractivity contribution in [3.05, 3.63) is 42.0 Å². The van der Waals surface area contributed by atoms with Crippen molar-refractivity contribution in [2.75, 3.05) is 26.9 Å². The number of carbonyl (C=O) groups excluding carboxylic acids is 5. The number of fused-ring (bicyclic) bond motifs is 2. The van der Waals surface area contributed by atoms with E-state index >= 15 is 0 Å². The standard InChI is InChI=1S/C33H44N4O11S/c1-32(2,3)48-31(42)34-25-11-7-15-46-14-6-9-21-18-33(21,30(41)36-49(43,44)24-12-13-24)35-27(38)26-17-23(19-37(26)28(25)39)47-29(40)20-8-5-10-22(16-20)45-4/h5-6,8-10,16,21,23-26H,7,11-15,17-19H2,1-4H3,(H,34,42)(H,35,38)(H,36,41)/b9-6-. The van der Waals surface area contributed by atoms with E-state index in [2.05, 4.69) is 15.4 Å². The maximum Gasteiger partial charge on any atom is 0.408 e. The van der Waals surface area contributed by atoms with Crippen LogP contribution in [0.4, 0.5) is 4.79 Å². The van der Waals surface area contributed by atoms with E-state index in [1.807, 2.05) is 0 Å². The molecule has 3 fully saturated rings. The molecule has 5 unspecified atom stereocenters. The van der Waals surface area contributed by atoms with Gasteiger partial charge in [0.15, 0.2) is 0 Å². The number of nitrogens with one attached hydrogen (secondary N) is 3. The Morgan fingerprint density at radius 3 is 2.57 bits per heavy atom. The molecule has 0 radical (unpaired) electrons. The molecule has 2 saturated carbocycles. The Morgan fingerprint density at radius 1 is 1.12 bits per heavy atom. The van der Waals surface area contributed by atoms with Crippen LogP contribution < -0.4 is 20.1 Å². The van der Waals surface area contributed by atoms with E-state index in [0.29, 0.717) is 25.0 Å². The molecule has 0 spiro atoms. The van der Waals surface area contributed by atoms with Crippen LogP contribution in [0.3, 0.4) is 0 Å². The lowest BCUT2D eigenvalue weighted by Crippen LogP contribution is -2.58. The fourth-order valence-electron chi connectivity index (χ4n) is 5.98. The number of hydrogen-bond acceptors (Lipinski definition) is 11. The Kier molecular flexibility index (Phi) is 10.6. The third-order valence-corrected chi connectivity index (χ3v) is 10.6. The van der Waals surface area contributed by atoms with Crippen LogP contribution >= 0.6 is 0 Å². The van der Waals surface area contributed by atoms with Gasteiger partial charge in [0, 0.05) is 18.9 Å². The van der Waals surface area contributed by atoms with E-state index < -0.39 is 80.3 Å². The summed E-state index contributed by atoms with van der Waals surface area (Å²) < 4.78 is 49.6. The number of ether oxygens (including phenoxy) is 4. The lowest BCUT2D eigenvalue weighted by Gasteiger charge is -2.30. The zero-order valence-electron chi connectivity index (χ0n) is 28.1. The summed E-state index contributed by atoms with van der Waals surface area (Å²) in [5.74, 6) is -3.02. The lowest BCUT2D eigenvalue weighted by molar-refractivity contribution is -0.141. The van der Waals surface area contributed by atoms with E-state index in [4.69, 9.17) is 18.9 Å². The van der Waals surface area contributed by atoms with Crippen LogP contribution in [0.25, 0.3) is 0 Å². The van der Waals surface area contributed by atoms with Crippen LogP contribution in [0.5, 0.6) is 5.75 Å². The number of hydrogen-bond donors (Lipinski definition) is 3. The van der Waals surface area contributed by atoms with Crippen LogP contribution in [0, 0.1) is 5.92 Å². The van der Waals surface area contributed by atoms with E-state index in [1.165, 1.54) is 18.1 Å². The quantitative estimate of drug-likeness (QED) is 0.275. The molecule has 4 amide bonds. The first kappa shape index (κ1) is 36.1. The number of nitrogens with zero attached hydrogens (tertiary/aromatic N) is 1. The number of methoxy groups -OCH3 is 1. The molecule has 0 bridgehead atoms. The smallest absolute Gasteiger partial charge is 0.408 e. The Labute approximate surface area is 285 Å². The largest absolute Gasteiger partial charge is 0.497 e. The van der Waals surface area contributed by atoms with Gasteiger partial charge in [-0.15, -0.1) is 0 Å². The molecular formula is C33H44N4O11S. The molecule has 5 atom stereocenters. The summed E-state index contributed by atoms with van der Waals surface area (Å²) >= 11 is 0. The highest BCUT2D eigenvalue weighted by atomic mass is 32.2. The van der Waals surface area contributed by atoms with Crippen molar-refractivity contribution in [1.29, 1.82) is 0 Å². The van der Waals surface area contributed by atoms with Crippen molar-refractivity contribution in [2.45, 2.75) is 93.9 Å². The van der Waals surface area contributed by atoms with Crippen molar-refractivity contribution >= 4 is 39.8 Å². The zero-order chi connectivity index (χ0) is 35.6. The minimum atomic E-state index is -3.93. The monoisotopic (exact) mass is 704 g/mol. The van der Waals surface area contributed by atoms with Gasteiger partial charge in [-0.05, 0) is 71.1 Å². The number of carbonyl (C=O) groups is 5. The zero-order valence-corrected chi connectivity index (χ0v) is 28.9. The Balaban J connectivity index is 1.43. The van der Waals surface area contributed by atoms with Gasteiger partial charge in [-0.1, -0.05) is 18.2 Å². The molecule has 2 aliphatic heterocycles. The van der Waals surface area contributed by atoms with Gasteiger partial charge >= 0.3 is 12.1 Å². The fraction of sp³-hybridized carbons (Fsp3) is 0.606.